The largest absolute Gasteiger partial charge is 0.452 e. The molecule has 0 aliphatic heterocycles. The molecule has 0 bridgehead atoms. The maximum absolute atomic E-state index is 11.1. The first kappa shape index (κ1) is 8.30. The number of nitrogens with one attached hydrogen (secondary N) is 1. The van der Waals surface area contributed by atoms with Crippen LogP contribution in [-0.4, -0.2) is 19.4 Å². The van der Waals surface area contributed by atoms with Gasteiger partial charge in [-0.15, -0.1) is 0 Å². The summed E-state index contributed by atoms with van der Waals surface area (Å²) in [6.45, 7) is 0.301. The highest BCUT2D eigenvalue weighted by Crippen LogP contribution is 2.12. The number of furan rings is 1. The minimum absolute atomic E-state index is 0.0249. The molecule has 0 aliphatic carbocycles. The minimum atomic E-state index is -0.0249. The van der Waals surface area contributed by atoms with Gasteiger partial charge in [0.15, 0.2) is 11.0 Å². The Bertz CT molecular complexity index is 257. The third-order valence-corrected chi connectivity index (χ3v) is 1.42. The lowest BCUT2D eigenvalue weighted by molar-refractivity contribution is 0.0993. The molecule has 1 N–H and O–H groups in total. The van der Waals surface area contributed by atoms with E-state index in [2.05, 4.69) is 5.32 Å². The van der Waals surface area contributed by atoms with Gasteiger partial charge in [0.05, 0.1) is 12.1 Å². The van der Waals surface area contributed by atoms with Crippen molar-refractivity contribution in [1.82, 2.24) is 5.32 Å². The molecule has 0 saturated heterocycles. The van der Waals surface area contributed by atoms with Gasteiger partial charge in [-0.2, -0.15) is 0 Å². The standard InChI is InChI=1S/C7H8ClNO2/c1-9-3-6(10)5-2-7(8)11-4-5/h2,4,9H,3H2,1H3. The Kier molecular flexibility index (Phi) is 2.68. The molecule has 60 valence electrons. The summed E-state index contributed by atoms with van der Waals surface area (Å²) in [6.07, 6.45) is 1.35. The predicted molar refractivity (Wildman–Crippen MR) is 42.0 cm³/mol. The van der Waals surface area contributed by atoms with Gasteiger partial charge in [-0.05, 0) is 18.6 Å². The lowest BCUT2D eigenvalue weighted by Crippen LogP contribution is -2.17. The molecule has 3 nitrogen and oxygen atoms in total. The summed E-state index contributed by atoms with van der Waals surface area (Å²) in [5, 5.41) is 2.98. The Morgan fingerprint density at radius 1 is 1.82 bits per heavy atom. The smallest absolute Gasteiger partial charge is 0.193 e. The van der Waals surface area contributed by atoms with Crippen LogP contribution in [0, 0.1) is 0 Å². The average Bonchev–Trinajstić information content (AvgIpc) is 2.36. The number of hydrogen-bond acceptors (Lipinski definition) is 3. The molecule has 0 fully saturated rings. The van der Waals surface area contributed by atoms with Crippen molar-refractivity contribution >= 4 is 17.4 Å². The van der Waals surface area contributed by atoms with Crippen LogP contribution >= 0.6 is 11.6 Å². The minimum Gasteiger partial charge on any atom is -0.452 e. The van der Waals surface area contributed by atoms with Crippen molar-refractivity contribution in [3.63, 3.8) is 0 Å². The summed E-state index contributed by atoms with van der Waals surface area (Å²) in [4.78, 5) is 11.1. The lowest BCUT2D eigenvalue weighted by Gasteiger charge is -1.92. The quantitative estimate of drug-likeness (QED) is 0.702. The molecule has 1 aromatic heterocycles. The zero-order chi connectivity index (χ0) is 8.27. The van der Waals surface area contributed by atoms with Crippen molar-refractivity contribution in [2.24, 2.45) is 0 Å². The summed E-state index contributed by atoms with van der Waals surface area (Å²) >= 11 is 5.47. The molecule has 0 spiro atoms. The fourth-order valence-corrected chi connectivity index (χ4v) is 0.881. The van der Waals surface area contributed by atoms with Crippen LogP contribution < -0.4 is 5.32 Å². The second-order valence-corrected chi connectivity index (χ2v) is 2.47. The predicted octanol–water partition coefficient (Wildman–Crippen LogP) is 1.34. The van der Waals surface area contributed by atoms with E-state index in [1.807, 2.05) is 0 Å². The highest BCUT2D eigenvalue weighted by atomic mass is 35.5. The molecule has 0 atom stereocenters. The number of likely N-dealkylation sites (N-methyl/N-ethyl adjacent to an activating group) is 1. The fourth-order valence-electron chi connectivity index (χ4n) is 0.719. The Morgan fingerprint density at radius 3 is 3.00 bits per heavy atom. The summed E-state index contributed by atoms with van der Waals surface area (Å²) in [5.41, 5.74) is 0.504. The van der Waals surface area contributed by atoms with Crippen molar-refractivity contribution in [3.8, 4) is 0 Å². The molecule has 4 heteroatoms. The van der Waals surface area contributed by atoms with Gasteiger partial charge in [0, 0.05) is 6.07 Å². The number of carbonyl (C=O) groups is 1. The summed E-state index contributed by atoms with van der Waals surface area (Å²) in [5.74, 6) is -0.0249. The number of Topliss-reactive ketones (excluding diaryl/α,β-unsaturated/α-hetero) is 1. The van der Waals surface area contributed by atoms with Crippen LogP contribution in [0.4, 0.5) is 0 Å². The molecule has 11 heavy (non-hydrogen) atoms. The monoisotopic (exact) mass is 173 g/mol. The van der Waals surface area contributed by atoms with E-state index in [-0.39, 0.29) is 11.0 Å². The number of carbonyl (C=O) groups excluding carboxylic acids is 1. The highest BCUT2D eigenvalue weighted by molar-refractivity contribution is 6.29. The van der Waals surface area contributed by atoms with E-state index in [4.69, 9.17) is 16.0 Å². The van der Waals surface area contributed by atoms with E-state index in [1.165, 1.54) is 12.3 Å². The Hall–Kier alpha value is -0.800. The molecular formula is C7H8ClNO2. The number of rotatable bonds is 3. The van der Waals surface area contributed by atoms with Gasteiger partial charge in [0.25, 0.3) is 0 Å². The van der Waals surface area contributed by atoms with Gasteiger partial charge >= 0.3 is 0 Å². The Balaban J connectivity index is 2.69. The van der Waals surface area contributed by atoms with Crippen molar-refractivity contribution in [3.05, 3.63) is 23.1 Å². The molecule has 0 saturated carbocycles. The van der Waals surface area contributed by atoms with Gasteiger partial charge in [-0.3, -0.25) is 4.79 Å². The average molecular weight is 174 g/mol. The molecule has 0 unspecified atom stereocenters. The van der Waals surface area contributed by atoms with Crippen LogP contribution in [-0.2, 0) is 0 Å². The van der Waals surface area contributed by atoms with Gasteiger partial charge in [0.1, 0.15) is 6.26 Å². The molecule has 0 aromatic carbocycles. The topological polar surface area (TPSA) is 42.2 Å². The second kappa shape index (κ2) is 3.55. The van der Waals surface area contributed by atoms with Crippen LogP contribution in [0.1, 0.15) is 10.4 Å². The van der Waals surface area contributed by atoms with Crippen LogP contribution in [0.15, 0.2) is 16.7 Å². The van der Waals surface area contributed by atoms with Gasteiger partial charge in [0.2, 0.25) is 0 Å². The molecule has 0 radical (unpaired) electrons. The zero-order valence-electron chi connectivity index (χ0n) is 6.06. The first-order valence-electron chi connectivity index (χ1n) is 3.16. The SMILES string of the molecule is CNCC(=O)c1coc(Cl)c1. The van der Waals surface area contributed by atoms with E-state index < -0.39 is 0 Å². The van der Waals surface area contributed by atoms with Crippen LogP contribution in [0.25, 0.3) is 0 Å². The molecule has 1 rings (SSSR count). The van der Waals surface area contributed by atoms with Crippen molar-refractivity contribution in [2.75, 3.05) is 13.6 Å². The van der Waals surface area contributed by atoms with Gasteiger partial charge < -0.3 is 9.73 Å². The molecule has 0 amide bonds. The van der Waals surface area contributed by atoms with E-state index in [0.717, 1.165) is 0 Å². The zero-order valence-corrected chi connectivity index (χ0v) is 6.81. The molecule has 1 heterocycles. The van der Waals surface area contributed by atoms with Gasteiger partial charge in [-0.25, -0.2) is 0 Å². The molecule has 1 aromatic rings. The first-order valence-corrected chi connectivity index (χ1v) is 3.53. The summed E-state index contributed by atoms with van der Waals surface area (Å²) in [6, 6.07) is 1.50. The maximum Gasteiger partial charge on any atom is 0.193 e. The number of halogens is 1. The lowest BCUT2D eigenvalue weighted by atomic mass is 10.2. The van der Waals surface area contributed by atoms with E-state index in [1.54, 1.807) is 7.05 Å². The summed E-state index contributed by atoms with van der Waals surface area (Å²) < 4.78 is 4.75. The highest BCUT2D eigenvalue weighted by Gasteiger charge is 2.07. The van der Waals surface area contributed by atoms with Gasteiger partial charge in [-0.1, -0.05) is 0 Å². The van der Waals surface area contributed by atoms with E-state index >= 15 is 0 Å². The molecular weight excluding hydrogens is 166 g/mol. The third-order valence-electron chi connectivity index (χ3n) is 1.23. The van der Waals surface area contributed by atoms with Crippen molar-refractivity contribution in [2.45, 2.75) is 0 Å². The second-order valence-electron chi connectivity index (χ2n) is 2.09. The van der Waals surface area contributed by atoms with Crippen LogP contribution in [0.2, 0.25) is 5.22 Å². The Labute approximate surface area is 69.3 Å². The fraction of sp³-hybridized carbons (Fsp3) is 0.286. The van der Waals surface area contributed by atoms with E-state index in [9.17, 15) is 4.79 Å². The number of ketones is 1. The Morgan fingerprint density at radius 2 is 2.55 bits per heavy atom. The van der Waals surface area contributed by atoms with Crippen molar-refractivity contribution < 1.29 is 9.21 Å². The van der Waals surface area contributed by atoms with Crippen molar-refractivity contribution in [1.29, 1.82) is 0 Å². The van der Waals surface area contributed by atoms with E-state index in [0.29, 0.717) is 12.1 Å². The third kappa shape index (κ3) is 2.06. The number of hydrogen-bond donors (Lipinski definition) is 1. The summed E-state index contributed by atoms with van der Waals surface area (Å²) in [7, 11) is 1.71. The van der Waals surface area contributed by atoms with Crippen LogP contribution in [0.3, 0.4) is 0 Å². The normalized spacial score (nSPS) is 10.0. The first-order chi connectivity index (χ1) is 5.24. The molecule has 0 aliphatic rings. The van der Waals surface area contributed by atoms with Crippen LogP contribution in [0.5, 0.6) is 0 Å². The maximum atomic E-state index is 11.1.